The van der Waals surface area contributed by atoms with Gasteiger partial charge in [0, 0.05) is 6.92 Å². The van der Waals surface area contributed by atoms with Crippen LogP contribution in [0, 0.1) is 0 Å². The van der Waals surface area contributed by atoms with E-state index in [-0.39, 0.29) is 0 Å². The SMILES string of the molecule is Bc1ccc(C(F)(F)F)c(OCC(C)(F)F)c1. The zero-order valence-electron chi connectivity index (χ0n) is 9.24. The van der Waals surface area contributed by atoms with Crippen LogP contribution in [-0.2, 0) is 6.18 Å². The van der Waals surface area contributed by atoms with E-state index in [1.165, 1.54) is 6.07 Å². The van der Waals surface area contributed by atoms with Gasteiger partial charge in [-0.15, -0.1) is 0 Å². The zero-order chi connectivity index (χ0) is 13.3. The molecule has 0 aliphatic carbocycles. The van der Waals surface area contributed by atoms with E-state index < -0.39 is 30.0 Å². The molecule has 0 heterocycles. The molecule has 0 amide bonds. The average Bonchev–Trinajstić information content (AvgIpc) is 2.11. The first-order valence-electron chi connectivity index (χ1n) is 4.78. The molecule has 1 aromatic carbocycles. The number of hydrogen-bond acceptors (Lipinski definition) is 1. The molecule has 0 N–H and O–H groups in total. The third-order valence-corrected chi connectivity index (χ3v) is 1.92. The van der Waals surface area contributed by atoms with E-state index in [2.05, 4.69) is 4.74 Å². The highest BCUT2D eigenvalue weighted by atomic mass is 19.4. The Morgan fingerprint density at radius 3 is 2.24 bits per heavy atom. The molecular formula is C10H10BF5O. The van der Waals surface area contributed by atoms with Crippen molar-refractivity contribution in [3.8, 4) is 5.75 Å². The topological polar surface area (TPSA) is 9.23 Å². The zero-order valence-corrected chi connectivity index (χ0v) is 9.24. The van der Waals surface area contributed by atoms with Crippen LogP contribution in [0.4, 0.5) is 22.0 Å². The summed E-state index contributed by atoms with van der Waals surface area (Å²) in [5.41, 5.74) is -0.542. The molecule has 0 radical (unpaired) electrons. The molecule has 7 heteroatoms. The summed E-state index contributed by atoms with van der Waals surface area (Å²) in [6, 6.07) is 3.16. The summed E-state index contributed by atoms with van der Waals surface area (Å²) >= 11 is 0. The molecule has 0 fully saturated rings. The predicted molar refractivity (Wildman–Crippen MR) is 55.7 cm³/mol. The lowest BCUT2D eigenvalue weighted by atomic mass is 9.94. The Labute approximate surface area is 96.0 Å². The fraction of sp³-hybridized carbons (Fsp3) is 0.400. The molecule has 0 saturated carbocycles. The van der Waals surface area contributed by atoms with Gasteiger partial charge in [-0.2, -0.15) is 13.2 Å². The first kappa shape index (κ1) is 13.8. The Bertz CT molecular complexity index is 397. The Hall–Kier alpha value is -1.27. The van der Waals surface area contributed by atoms with Gasteiger partial charge in [0.15, 0.2) is 6.61 Å². The van der Waals surface area contributed by atoms with Crippen molar-refractivity contribution in [1.29, 1.82) is 0 Å². The van der Waals surface area contributed by atoms with E-state index in [1.807, 2.05) is 0 Å². The van der Waals surface area contributed by atoms with Gasteiger partial charge in [0.1, 0.15) is 13.6 Å². The molecule has 0 bridgehead atoms. The van der Waals surface area contributed by atoms with Crippen LogP contribution in [0.2, 0.25) is 0 Å². The van der Waals surface area contributed by atoms with E-state index in [1.54, 1.807) is 7.85 Å². The molecule has 0 unspecified atom stereocenters. The fourth-order valence-electron chi connectivity index (χ4n) is 1.19. The smallest absolute Gasteiger partial charge is 0.419 e. The van der Waals surface area contributed by atoms with Crippen molar-refractivity contribution in [2.24, 2.45) is 0 Å². The van der Waals surface area contributed by atoms with Gasteiger partial charge >= 0.3 is 6.18 Å². The summed E-state index contributed by atoms with van der Waals surface area (Å²) in [4.78, 5) is 0. The van der Waals surface area contributed by atoms with Gasteiger partial charge in [0.05, 0.1) is 5.56 Å². The maximum Gasteiger partial charge on any atom is 0.419 e. The number of rotatable bonds is 3. The first-order valence-corrected chi connectivity index (χ1v) is 4.78. The van der Waals surface area contributed by atoms with Crippen molar-refractivity contribution < 1.29 is 26.7 Å². The number of halogens is 5. The maximum atomic E-state index is 12.5. The molecule has 0 aliphatic rings. The predicted octanol–water partition coefficient (Wildman–Crippen LogP) is 2.00. The van der Waals surface area contributed by atoms with Crippen molar-refractivity contribution in [3.63, 3.8) is 0 Å². The fourth-order valence-corrected chi connectivity index (χ4v) is 1.19. The van der Waals surface area contributed by atoms with Crippen LogP contribution in [0.25, 0.3) is 0 Å². The minimum atomic E-state index is -4.62. The largest absolute Gasteiger partial charge is 0.487 e. The lowest BCUT2D eigenvalue weighted by Gasteiger charge is -2.17. The minimum absolute atomic E-state index is 0.507. The van der Waals surface area contributed by atoms with E-state index in [0.29, 0.717) is 12.4 Å². The summed E-state index contributed by atoms with van der Waals surface area (Å²) in [6.07, 6.45) is -4.62. The van der Waals surface area contributed by atoms with Gasteiger partial charge in [-0.25, -0.2) is 8.78 Å². The second-order valence-corrected chi connectivity index (χ2v) is 3.86. The van der Waals surface area contributed by atoms with Crippen molar-refractivity contribution in [2.75, 3.05) is 6.61 Å². The third-order valence-electron chi connectivity index (χ3n) is 1.92. The molecular weight excluding hydrogens is 242 g/mol. The third kappa shape index (κ3) is 4.24. The molecule has 1 rings (SSSR count). The molecule has 17 heavy (non-hydrogen) atoms. The van der Waals surface area contributed by atoms with Crippen LogP contribution in [0.1, 0.15) is 12.5 Å². The number of benzene rings is 1. The summed E-state index contributed by atoms with van der Waals surface area (Å²) in [6.45, 7) is -0.504. The second-order valence-electron chi connectivity index (χ2n) is 3.86. The molecule has 0 aliphatic heterocycles. The van der Waals surface area contributed by atoms with Crippen LogP contribution in [0.15, 0.2) is 18.2 Å². The van der Waals surface area contributed by atoms with Gasteiger partial charge < -0.3 is 4.74 Å². The summed E-state index contributed by atoms with van der Waals surface area (Å²) in [7, 11) is 1.55. The maximum absolute atomic E-state index is 12.5. The second kappa shape index (κ2) is 4.54. The highest BCUT2D eigenvalue weighted by Gasteiger charge is 2.35. The normalized spacial score (nSPS) is 12.6. The van der Waals surface area contributed by atoms with Crippen LogP contribution < -0.4 is 10.2 Å². The van der Waals surface area contributed by atoms with E-state index >= 15 is 0 Å². The Morgan fingerprint density at radius 2 is 1.76 bits per heavy atom. The number of ether oxygens (including phenoxy) is 1. The lowest BCUT2D eigenvalue weighted by molar-refractivity contribution is -0.139. The summed E-state index contributed by atoms with van der Waals surface area (Å²) < 4.78 is 67.2. The van der Waals surface area contributed by atoms with Crippen molar-refractivity contribution in [3.05, 3.63) is 23.8 Å². The van der Waals surface area contributed by atoms with Gasteiger partial charge in [-0.1, -0.05) is 11.5 Å². The van der Waals surface area contributed by atoms with Crippen molar-refractivity contribution in [1.82, 2.24) is 0 Å². The Balaban J connectivity index is 3.00. The lowest BCUT2D eigenvalue weighted by Crippen LogP contribution is -2.23. The van der Waals surface area contributed by atoms with E-state index in [9.17, 15) is 22.0 Å². The monoisotopic (exact) mass is 252 g/mol. The molecule has 1 nitrogen and oxygen atoms in total. The highest BCUT2D eigenvalue weighted by molar-refractivity contribution is 6.32. The van der Waals surface area contributed by atoms with Crippen LogP contribution in [-0.4, -0.2) is 20.4 Å². The molecule has 0 saturated heterocycles. The molecule has 94 valence electrons. The number of alkyl halides is 5. The van der Waals surface area contributed by atoms with Gasteiger partial charge in [-0.3, -0.25) is 0 Å². The quantitative estimate of drug-likeness (QED) is 0.590. The van der Waals surface area contributed by atoms with Crippen molar-refractivity contribution >= 4 is 13.3 Å². The van der Waals surface area contributed by atoms with Crippen LogP contribution >= 0.6 is 0 Å². The molecule has 1 aromatic rings. The highest BCUT2D eigenvalue weighted by Crippen LogP contribution is 2.35. The Kier molecular flexibility index (Phi) is 3.69. The average molecular weight is 252 g/mol. The number of hydrogen-bond donors (Lipinski definition) is 0. The van der Waals surface area contributed by atoms with E-state index in [0.717, 1.165) is 12.1 Å². The van der Waals surface area contributed by atoms with Gasteiger partial charge in [0.25, 0.3) is 5.92 Å². The van der Waals surface area contributed by atoms with E-state index in [4.69, 9.17) is 0 Å². The van der Waals surface area contributed by atoms with Crippen LogP contribution in [0.5, 0.6) is 5.75 Å². The molecule has 0 spiro atoms. The summed E-state index contributed by atoms with van der Waals surface area (Å²) in [5, 5.41) is 0. The minimum Gasteiger partial charge on any atom is -0.487 e. The van der Waals surface area contributed by atoms with Crippen molar-refractivity contribution in [2.45, 2.75) is 19.0 Å². The first-order chi connectivity index (χ1) is 7.59. The Morgan fingerprint density at radius 1 is 1.18 bits per heavy atom. The summed E-state index contributed by atoms with van der Waals surface area (Å²) in [5.74, 6) is -3.74. The van der Waals surface area contributed by atoms with Crippen LogP contribution in [0.3, 0.4) is 0 Å². The molecule has 0 atom stereocenters. The molecule has 0 aromatic heterocycles. The van der Waals surface area contributed by atoms with Gasteiger partial charge in [0.2, 0.25) is 0 Å². The standard InChI is InChI=1S/C10H10BF5O/c1-9(12,13)5-17-8-4-6(11)2-3-7(8)10(14,15)16/h2-4H,5,11H2,1H3. The van der Waals surface area contributed by atoms with Gasteiger partial charge in [-0.05, 0) is 12.1 Å².